The Morgan fingerprint density at radius 2 is 1.82 bits per heavy atom. The quantitative estimate of drug-likeness (QED) is 0.340. The number of aromatic amines is 1. The average molecular weight is 479 g/mol. The molecule has 0 spiro atoms. The lowest BCUT2D eigenvalue weighted by Crippen LogP contribution is -2.36. The average Bonchev–Trinajstić information content (AvgIpc) is 3.28. The number of rotatable bonds is 6. The minimum absolute atomic E-state index is 0.0814. The van der Waals surface area contributed by atoms with Gasteiger partial charge in [0.1, 0.15) is 16.1 Å². The van der Waals surface area contributed by atoms with Crippen LogP contribution in [0.2, 0.25) is 0 Å². The maximum atomic E-state index is 12.7. The van der Waals surface area contributed by atoms with Crippen molar-refractivity contribution >= 4 is 38.4 Å². The summed E-state index contributed by atoms with van der Waals surface area (Å²) in [7, 11) is 1.65. The zero-order chi connectivity index (χ0) is 24.5. The molecule has 0 atom stereocenters. The van der Waals surface area contributed by atoms with Gasteiger partial charge in [-0.3, -0.25) is 4.79 Å². The molecule has 2 heterocycles. The molecule has 0 fully saturated rings. The Bertz CT molecular complexity index is 1380. The van der Waals surface area contributed by atoms with Crippen molar-refractivity contribution in [2.45, 2.75) is 46.3 Å². The van der Waals surface area contributed by atoms with Crippen LogP contribution in [-0.2, 0) is 11.3 Å². The number of methoxy groups -OCH3 is 1. The van der Waals surface area contributed by atoms with Gasteiger partial charge in [0.2, 0.25) is 0 Å². The molecule has 6 nitrogen and oxygen atoms in total. The lowest BCUT2D eigenvalue weighted by molar-refractivity contribution is 0.0233. The van der Waals surface area contributed by atoms with E-state index in [1.165, 1.54) is 11.3 Å². The molecular weight excluding hydrogens is 448 g/mol. The van der Waals surface area contributed by atoms with Crippen LogP contribution in [0.3, 0.4) is 0 Å². The second-order valence-electron chi connectivity index (χ2n) is 9.28. The van der Waals surface area contributed by atoms with Gasteiger partial charge < -0.3 is 19.4 Å². The fourth-order valence-corrected chi connectivity index (χ4v) is 4.91. The third kappa shape index (κ3) is 4.80. The molecule has 0 radical (unpaired) electrons. The van der Waals surface area contributed by atoms with E-state index in [1.54, 1.807) is 12.0 Å². The van der Waals surface area contributed by atoms with Crippen LogP contribution in [-0.4, -0.2) is 35.2 Å². The molecule has 34 heavy (non-hydrogen) atoms. The van der Waals surface area contributed by atoms with E-state index >= 15 is 0 Å². The molecular formula is C27H30N2O4S. The third-order valence-electron chi connectivity index (χ3n) is 5.54. The standard InChI is InChI=1S/C27H30N2O4S/c1-6-14-29(26(31)33-27(2,3)4)16-17-7-9-18(10-8-17)22-21(32-5)12-11-20-23(22)19-13-15-34-24(19)25(30)28-20/h7-13,15H,6,14,16H2,1-5H3,(H,28,30). The summed E-state index contributed by atoms with van der Waals surface area (Å²) in [4.78, 5) is 29.9. The maximum absolute atomic E-state index is 12.7. The monoisotopic (exact) mass is 478 g/mol. The lowest BCUT2D eigenvalue weighted by atomic mass is 9.96. The number of H-pyrrole nitrogens is 1. The van der Waals surface area contributed by atoms with Gasteiger partial charge in [-0.1, -0.05) is 31.2 Å². The highest BCUT2D eigenvalue weighted by atomic mass is 32.1. The van der Waals surface area contributed by atoms with Crippen LogP contribution in [0.4, 0.5) is 4.79 Å². The number of amides is 1. The van der Waals surface area contributed by atoms with Gasteiger partial charge in [0, 0.05) is 34.9 Å². The lowest BCUT2D eigenvalue weighted by Gasteiger charge is -2.27. The first-order chi connectivity index (χ1) is 16.2. The van der Waals surface area contributed by atoms with Crippen molar-refractivity contribution < 1.29 is 14.3 Å². The molecule has 0 bridgehead atoms. The number of carbonyl (C=O) groups is 1. The number of thiophene rings is 1. The van der Waals surface area contributed by atoms with Crippen LogP contribution >= 0.6 is 11.3 Å². The summed E-state index contributed by atoms with van der Waals surface area (Å²) in [6.45, 7) is 8.76. The normalized spacial score (nSPS) is 11.7. The van der Waals surface area contributed by atoms with Crippen molar-refractivity contribution in [2.24, 2.45) is 0 Å². The number of fused-ring (bicyclic) bond motifs is 3. The Morgan fingerprint density at radius 3 is 2.47 bits per heavy atom. The second kappa shape index (κ2) is 9.50. The number of ether oxygens (including phenoxy) is 2. The van der Waals surface area contributed by atoms with E-state index in [2.05, 4.69) is 4.98 Å². The summed E-state index contributed by atoms with van der Waals surface area (Å²) < 4.78 is 12.0. The molecule has 2 aromatic carbocycles. The first-order valence-electron chi connectivity index (χ1n) is 11.4. The van der Waals surface area contributed by atoms with E-state index in [9.17, 15) is 9.59 Å². The summed E-state index contributed by atoms with van der Waals surface area (Å²) in [6.07, 6.45) is 0.539. The molecule has 1 N–H and O–H groups in total. The molecule has 0 aliphatic rings. The number of pyridine rings is 1. The number of nitrogens with zero attached hydrogens (tertiary/aromatic N) is 1. The molecule has 178 valence electrons. The van der Waals surface area contributed by atoms with Crippen molar-refractivity contribution in [1.82, 2.24) is 9.88 Å². The summed E-state index contributed by atoms with van der Waals surface area (Å²) in [6, 6.07) is 13.9. The summed E-state index contributed by atoms with van der Waals surface area (Å²) in [5, 5.41) is 3.81. The van der Waals surface area contributed by atoms with Gasteiger partial charge in [-0.15, -0.1) is 11.3 Å². The van der Waals surface area contributed by atoms with Crippen molar-refractivity contribution in [1.29, 1.82) is 0 Å². The van der Waals surface area contributed by atoms with Crippen LogP contribution in [0.5, 0.6) is 5.75 Å². The Balaban J connectivity index is 1.73. The Morgan fingerprint density at radius 1 is 1.09 bits per heavy atom. The number of hydrogen-bond acceptors (Lipinski definition) is 5. The molecule has 1 amide bonds. The molecule has 0 aliphatic heterocycles. The van der Waals surface area contributed by atoms with E-state index in [-0.39, 0.29) is 11.7 Å². The first kappa shape index (κ1) is 23.8. The molecule has 0 saturated carbocycles. The van der Waals surface area contributed by atoms with Gasteiger partial charge in [-0.2, -0.15) is 0 Å². The molecule has 7 heteroatoms. The Labute approximate surface area is 203 Å². The highest BCUT2D eigenvalue weighted by Gasteiger charge is 2.22. The molecule has 0 aliphatic carbocycles. The highest BCUT2D eigenvalue weighted by Crippen LogP contribution is 2.40. The molecule has 4 aromatic rings. The molecule has 4 rings (SSSR count). The van der Waals surface area contributed by atoms with Crippen LogP contribution in [0.1, 0.15) is 39.7 Å². The minimum atomic E-state index is -0.536. The number of nitrogens with one attached hydrogen (secondary N) is 1. The Kier molecular flexibility index (Phi) is 6.66. The first-order valence-corrected chi connectivity index (χ1v) is 12.3. The Hall–Kier alpha value is -3.32. The molecule has 0 unspecified atom stereocenters. The van der Waals surface area contributed by atoms with Gasteiger partial charge >= 0.3 is 6.09 Å². The fraction of sp³-hybridized carbons (Fsp3) is 0.333. The van der Waals surface area contributed by atoms with Crippen LogP contribution in [0.25, 0.3) is 32.1 Å². The van der Waals surface area contributed by atoms with Crippen molar-refractivity contribution in [3.05, 3.63) is 63.8 Å². The smallest absolute Gasteiger partial charge is 0.410 e. The number of aromatic nitrogens is 1. The number of benzene rings is 2. The van der Waals surface area contributed by atoms with E-state index < -0.39 is 5.60 Å². The topological polar surface area (TPSA) is 71.6 Å². The number of hydrogen-bond donors (Lipinski definition) is 1. The van der Waals surface area contributed by atoms with Gasteiger partial charge in [0.25, 0.3) is 5.56 Å². The van der Waals surface area contributed by atoms with E-state index in [1.807, 2.05) is 75.5 Å². The van der Waals surface area contributed by atoms with E-state index in [4.69, 9.17) is 9.47 Å². The van der Waals surface area contributed by atoms with Crippen LogP contribution < -0.4 is 10.3 Å². The SMILES string of the molecule is CCCN(Cc1ccc(-c2c(OC)ccc3[nH]c(=O)c4sccc4c23)cc1)C(=O)OC(C)(C)C. The van der Waals surface area contributed by atoms with Gasteiger partial charge in [0.15, 0.2) is 0 Å². The van der Waals surface area contributed by atoms with Gasteiger partial charge in [0.05, 0.1) is 7.11 Å². The van der Waals surface area contributed by atoms with Crippen molar-refractivity contribution in [2.75, 3.05) is 13.7 Å². The van der Waals surface area contributed by atoms with E-state index in [0.717, 1.165) is 45.1 Å². The van der Waals surface area contributed by atoms with Gasteiger partial charge in [-0.05, 0) is 61.9 Å². The fourth-order valence-electron chi connectivity index (χ4n) is 4.11. The third-order valence-corrected chi connectivity index (χ3v) is 6.45. The summed E-state index contributed by atoms with van der Waals surface area (Å²) in [5.74, 6) is 0.737. The second-order valence-corrected chi connectivity index (χ2v) is 10.2. The zero-order valence-electron chi connectivity index (χ0n) is 20.2. The predicted molar refractivity (Wildman–Crippen MR) is 139 cm³/mol. The molecule has 2 aromatic heterocycles. The summed E-state index contributed by atoms with van der Waals surface area (Å²) in [5.41, 5.74) is 3.08. The van der Waals surface area contributed by atoms with Crippen LogP contribution in [0, 0.1) is 0 Å². The highest BCUT2D eigenvalue weighted by molar-refractivity contribution is 7.17. The zero-order valence-corrected chi connectivity index (χ0v) is 21.0. The predicted octanol–water partition coefficient (Wildman–Crippen LogP) is 6.57. The summed E-state index contributed by atoms with van der Waals surface area (Å²) >= 11 is 1.43. The van der Waals surface area contributed by atoms with Crippen LogP contribution in [0.15, 0.2) is 52.6 Å². The largest absolute Gasteiger partial charge is 0.496 e. The minimum Gasteiger partial charge on any atom is -0.496 e. The van der Waals surface area contributed by atoms with Crippen molar-refractivity contribution in [3.63, 3.8) is 0 Å². The van der Waals surface area contributed by atoms with Crippen molar-refractivity contribution in [3.8, 4) is 16.9 Å². The molecule has 0 saturated heterocycles. The number of carbonyl (C=O) groups excluding carboxylic acids is 1. The van der Waals surface area contributed by atoms with E-state index in [0.29, 0.717) is 17.8 Å². The maximum Gasteiger partial charge on any atom is 0.410 e. The van der Waals surface area contributed by atoms with Gasteiger partial charge in [-0.25, -0.2) is 4.79 Å².